The standard InChI is InChI=1S/C12H21N3O2S/c1-3-8-13-11-6-5-7-12(15-11)14-9-10-18(16,17)4-2/h5-7H,3-4,8-10H2,1-2H3,(H2,13,14,15). The summed E-state index contributed by atoms with van der Waals surface area (Å²) in [5, 5.41) is 6.20. The summed E-state index contributed by atoms with van der Waals surface area (Å²) in [6.07, 6.45) is 1.04. The second kappa shape index (κ2) is 7.20. The van der Waals surface area contributed by atoms with Crippen LogP contribution in [0.5, 0.6) is 0 Å². The van der Waals surface area contributed by atoms with Crippen LogP contribution in [0.25, 0.3) is 0 Å². The van der Waals surface area contributed by atoms with Gasteiger partial charge in [-0.1, -0.05) is 19.9 Å². The van der Waals surface area contributed by atoms with Crippen molar-refractivity contribution in [3.63, 3.8) is 0 Å². The number of nitrogens with zero attached hydrogens (tertiary/aromatic N) is 1. The number of aromatic nitrogens is 1. The quantitative estimate of drug-likeness (QED) is 0.753. The fourth-order valence-electron chi connectivity index (χ4n) is 1.36. The minimum Gasteiger partial charge on any atom is -0.370 e. The van der Waals surface area contributed by atoms with E-state index in [4.69, 9.17) is 0 Å². The lowest BCUT2D eigenvalue weighted by Crippen LogP contribution is -2.17. The molecule has 0 aliphatic carbocycles. The van der Waals surface area contributed by atoms with E-state index >= 15 is 0 Å². The number of rotatable bonds is 8. The molecule has 0 saturated heterocycles. The molecule has 1 aromatic rings. The van der Waals surface area contributed by atoms with E-state index in [1.54, 1.807) is 6.92 Å². The molecular weight excluding hydrogens is 250 g/mol. The van der Waals surface area contributed by atoms with Crippen LogP contribution in [0.4, 0.5) is 11.6 Å². The molecule has 6 heteroatoms. The van der Waals surface area contributed by atoms with Gasteiger partial charge >= 0.3 is 0 Å². The zero-order valence-corrected chi connectivity index (χ0v) is 11.8. The van der Waals surface area contributed by atoms with Gasteiger partial charge in [0.2, 0.25) is 0 Å². The first-order valence-corrected chi connectivity index (χ1v) is 8.04. The average Bonchev–Trinajstić information content (AvgIpc) is 2.37. The van der Waals surface area contributed by atoms with Gasteiger partial charge in [0, 0.05) is 18.8 Å². The summed E-state index contributed by atoms with van der Waals surface area (Å²) in [7, 11) is -2.92. The molecule has 0 bridgehead atoms. The molecule has 0 spiro atoms. The van der Waals surface area contributed by atoms with E-state index in [0.717, 1.165) is 18.8 Å². The van der Waals surface area contributed by atoms with Crippen molar-refractivity contribution in [2.75, 3.05) is 35.2 Å². The summed E-state index contributed by atoms with van der Waals surface area (Å²) in [5.41, 5.74) is 0. The molecule has 2 N–H and O–H groups in total. The lowest BCUT2D eigenvalue weighted by molar-refractivity contribution is 0.597. The monoisotopic (exact) mass is 271 g/mol. The van der Waals surface area contributed by atoms with E-state index in [1.165, 1.54) is 0 Å². The predicted molar refractivity (Wildman–Crippen MR) is 75.8 cm³/mol. The van der Waals surface area contributed by atoms with Crippen LogP contribution in [-0.2, 0) is 9.84 Å². The SMILES string of the molecule is CCCNc1cccc(NCCS(=O)(=O)CC)n1. The van der Waals surface area contributed by atoms with Crippen LogP contribution in [0.3, 0.4) is 0 Å². The van der Waals surface area contributed by atoms with Crippen molar-refractivity contribution in [3.05, 3.63) is 18.2 Å². The average molecular weight is 271 g/mol. The number of hydrogen-bond donors (Lipinski definition) is 2. The molecule has 0 aliphatic heterocycles. The van der Waals surface area contributed by atoms with Crippen molar-refractivity contribution >= 4 is 21.5 Å². The van der Waals surface area contributed by atoms with Gasteiger partial charge in [-0.25, -0.2) is 13.4 Å². The van der Waals surface area contributed by atoms with Crippen molar-refractivity contribution in [1.82, 2.24) is 4.98 Å². The van der Waals surface area contributed by atoms with Crippen LogP contribution < -0.4 is 10.6 Å². The second-order valence-corrected chi connectivity index (χ2v) is 6.47. The Morgan fingerprint density at radius 3 is 2.28 bits per heavy atom. The number of hydrogen-bond acceptors (Lipinski definition) is 5. The number of pyridine rings is 1. The molecule has 0 radical (unpaired) electrons. The van der Waals surface area contributed by atoms with Crippen LogP contribution in [0.15, 0.2) is 18.2 Å². The van der Waals surface area contributed by atoms with Gasteiger partial charge in [-0.2, -0.15) is 0 Å². The van der Waals surface area contributed by atoms with Crippen molar-refractivity contribution in [3.8, 4) is 0 Å². The Balaban J connectivity index is 2.47. The first-order chi connectivity index (χ1) is 8.57. The largest absolute Gasteiger partial charge is 0.370 e. The molecule has 0 unspecified atom stereocenters. The maximum absolute atomic E-state index is 11.3. The van der Waals surface area contributed by atoms with Crippen LogP contribution in [0.1, 0.15) is 20.3 Å². The van der Waals surface area contributed by atoms with E-state index in [2.05, 4.69) is 22.5 Å². The highest BCUT2D eigenvalue weighted by molar-refractivity contribution is 7.91. The minimum absolute atomic E-state index is 0.137. The van der Waals surface area contributed by atoms with E-state index in [0.29, 0.717) is 12.4 Å². The van der Waals surface area contributed by atoms with Crippen LogP contribution in [0.2, 0.25) is 0 Å². The van der Waals surface area contributed by atoms with Gasteiger partial charge in [-0.05, 0) is 18.6 Å². The lowest BCUT2D eigenvalue weighted by Gasteiger charge is -2.08. The molecule has 1 rings (SSSR count). The third-order valence-corrected chi connectivity index (χ3v) is 4.17. The highest BCUT2D eigenvalue weighted by atomic mass is 32.2. The molecule has 0 saturated carbocycles. The molecule has 1 aromatic heterocycles. The molecule has 0 aliphatic rings. The molecular formula is C12H21N3O2S. The number of sulfone groups is 1. The van der Waals surface area contributed by atoms with Crippen molar-refractivity contribution in [2.45, 2.75) is 20.3 Å². The lowest BCUT2D eigenvalue weighted by atomic mass is 10.4. The Labute approximate surface area is 109 Å². The van der Waals surface area contributed by atoms with Gasteiger partial charge in [0.1, 0.15) is 11.6 Å². The fraction of sp³-hybridized carbons (Fsp3) is 0.583. The highest BCUT2D eigenvalue weighted by Gasteiger charge is 2.06. The first kappa shape index (κ1) is 14.8. The maximum Gasteiger partial charge on any atom is 0.151 e. The van der Waals surface area contributed by atoms with Gasteiger partial charge in [-0.3, -0.25) is 0 Å². The zero-order valence-electron chi connectivity index (χ0n) is 10.9. The normalized spacial score (nSPS) is 11.2. The Bertz CT molecular complexity index is 460. The van der Waals surface area contributed by atoms with Crippen molar-refractivity contribution < 1.29 is 8.42 Å². The molecule has 0 fully saturated rings. The smallest absolute Gasteiger partial charge is 0.151 e. The third kappa shape index (κ3) is 5.35. The number of nitrogens with one attached hydrogen (secondary N) is 2. The predicted octanol–water partition coefficient (Wildman–Crippen LogP) is 1.75. The highest BCUT2D eigenvalue weighted by Crippen LogP contribution is 2.08. The molecule has 0 atom stereocenters. The van der Waals surface area contributed by atoms with E-state index in [1.807, 2.05) is 18.2 Å². The Morgan fingerprint density at radius 2 is 1.72 bits per heavy atom. The molecule has 1 heterocycles. The zero-order chi connectivity index (χ0) is 13.4. The minimum atomic E-state index is -2.92. The Hall–Kier alpha value is -1.30. The summed E-state index contributed by atoms with van der Waals surface area (Å²) in [5.74, 6) is 1.82. The van der Waals surface area contributed by atoms with Gasteiger partial charge in [0.15, 0.2) is 9.84 Å². The fourth-order valence-corrected chi connectivity index (χ4v) is 2.07. The maximum atomic E-state index is 11.3. The topological polar surface area (TPSA) is 71.1 Å². The summed E-state index contributed by atoms with van der Waals surface area (Å²) < 4.78 is 22.7. The number of anilines is 2. The molecule has 5 nitrogen and oxygen atoms in total. The first-order valence-electron chi connectivity index (χ1n) is 6.22. The second-order valence-electron chi connectivity index (χ2n) is 4.00. The van der Waals surface area contributed by atoms with Gasteiger partial charge in [0.05, 0.1) is 5.75 Å². The van der Waals surface area contributed by atoms with Crippen molar-refractivity contribution in [1.29, 1.82) is 0 Å². The Kier molecular flexibility index (Phi) is 5.91. The van der Waals surface area contributed by atoms with Crippen LogP contribution in [0, 0.1) is 0 Å². The van der Waals surface area contributed by atoms with Crippen LogP contribution in [-0.4, -0.2) is 38.0 Å². The van der Waals surface area contributed by atoms with Gasteiger partial charge in [0.25, 0.3) is 0 Å². The van der Waals surface area contributed by atoms with E-state index in [9.17, 15) is 8.42 Å². The summed E-state index contributed by atoms with van der Waals surface area (Å²) >= 11 is 0. The van der Waals surface area contributed by atoms with Gasteiger partial charge < -0.3 is 10.6 Å². The molecule has 102 valence electrons. The summed E-state index contributed by atoms with van der Waals surface area (Å²) in [6.45, 7) is 5.01. The summed E-state index contributed by atoms with van der Waals surface area (Å²) in [6, 6.07) is 5.61. The van der Waals surface area contributed by atoms with E-state index in [-0.39, 0.29) is 11.5 Å². The van der Waals surface area contributed by atoms with Crippen molar-refractivity contribution in [2.24, 2.45) is 0 Å². The van der Waals surface area contributed by atoms with Crippen LogP contribution >= 0.6 is 0 Å². The molecule has 0 aromatic carbocycles. The molecule has 18 heavy (non-hydrogen) atoms. The van der Waals surface area contributed by atoms with Gasteiger partial charge in [-0.15, -0.1) is 0 Å². The Morgan fingerprint density at radius 1 is 1.11 bits per heavy atom. The summed E-state index contributed by atoms with van der Waals surface area (Å²) in [4.78, 5) is 4.34. The third-order valence-electron chi connectivity index (χ3n) is 2.46. The van der Waals surface area contributed by atoms with E-state index < -0.39 is 9.84 Å². The molecule has 0 amide bonds.